The molecule has 0 unspecified atom stereocenters. The monoisotopic (exact) mass is 241 g/mol. The minimum atomic E-state index is -0.272. The van der Waals surface area contributed by atoms with Gasteiger partial charge in [0.05, 0.1) is 13.2 Å². The van der Waals surface area contributed by atoms with Gasteiger partial charge in [-0.1, -0.05) is 0 Å². The fraction of sp³-hybridized carbons (Fsp3) is 0.538. The van der Waals surface area contributed by atoms with Crippen molar-refractivity contribution in [2.75, 3.05) is 13.7 Å². The van der Waals surface area contributed by atoms with Crippen molar-refractivity contribution in [2.24, 2.45) is 5.73 Å². The summed E-state index contributed by atoms with van der Waals surface area (Å²) in [5.74, 6) is 0.732. The molecule has 3 nitrogen and oxygen atoms in total. The Morgan fingerprint density at radius 1 is 1.29 bits per heavy atom. The molecule has 0 aliphatic carbocycles. The highest BCUT2D eigenvalue weighted by Gasteiger charge is 2.12. The van der Waals surface area contributed by atoms with Gasteiger partial charge in [-0.05, 0) is 44.9 Å². The lowest BCUT2D eigenvalue weighted by molar-refractivity contribution is 0.229. The average Bonchev–Trinajstić information content (AvgIpc) is 2.28. The third-order valence-electron chi connectivity index (χ3n) is 2.35. The summed E-state index contributed by atoms with van der Waals surface area (Å²) in [5, 5.41) is 0. The minimum Gasteiger partial charge on any atom is -0.493 e. The largest absolute Gasteiger partial charge is 0.493 e. The zero-order valence-electron chi connectivity index (χ0n) is 10.6. The second kappa shape index (κ2) is 6.45. The lowest BCUT2D eigenvalue weighted by Gasteiger charge is -2.15. The Kier molecular flexibility index (Phi) is 5.22. The third-order valence-corrected chi connectivity index (χ3v) is 2.35. The molecule has 0 heterocycles. The van der Waals surface area contributed by atoms with Gasteiger partial charge in [-0.15, -0.1) is 0 Å². The van der Waals surface area contributed by atoms with Crippen molar-refractivity contribution >= 4 is 0 Å². The van der Waals surface area contributed by atoms with Gasteiger partial charge in [0.15, 0.2) is 11.5 Å². The quantitative estimate of drug-likeness (QED) is 0.832. The Balaban J connectivity index is 2.99. The van der Waals surface area contributed by atoms with Crippen LogP contribution in [0.15, 0.2) is 12.1 Å². The van der Waals surface area contributed by atoms with Gasteiger partial charge in [-0.2, -0.15) is 0 Å². The fourth-order valence-corrected chi connectivity index (χ4v) is 1.57. The summed E-state index contributed by atoms with van der Waals surface area (Å²) in [6.07, 6.45) is 1.39. The maximum atomic E-state index is 13.7. The molecular weight excluding hydrogens is 221 g/mol. The lowest BCUT2D eigenvalue weighted by Crippen LogP contribution is -2.08. The Bertz CT molecular complexity index is 367. The van der Waals surface area contributed by atoms with Gasteiger partial charge in [0.1, 0.15) is 5.82 Å². The first-order chi connectivity index (χ1) is 8.08. The van der Waals surface area contributed by atoms with E-state index in [1.807, 2.05) is 13.8 Å². The van der Waals surface area contributed by atoms with Gasteiger partial charge in [-0.25, -0.2) is 4.39 Å². The molecule has 4 heteroatoms. The summed E-state index contributed by atoms with van der Waals surface area (Å²) in [4.78, 5) is 0. The summed E-state index contributed by atoms with van der Waals surface area (Å²) in [5.41, 5.74) is 6.04. The van der Waals surface area contributed by atoms with Crippen molar-refractivity contribution < 1.29 is 13.9 Å². The van der Waals surface area contributed by atoms with E-state index in [9.17, 15) is 4.39 Å². The van der Waals surface area contributed by atoms with Crippen LogP contribution in [0.5, 0.6) is 11.5 Å². The van der Waals surface area contributed by atoms with Crippen molar-refractivity contribution in [3.8, 4) is 11.5 Å². The van der Waals surface area contributed by atoms with Crippen molar-refractivity contribution in [1.82, 2.24) is 0 Å². The maximum Gasteiger partial charge on any atom is 0.163 e. The van der Waals surface area contributed by atoms with Gasteiger partial charge in [0.2, 0.25) is 0 Å². The predicted octanol–water partition coefficient (Wildman–Crippen LogP) is 2.51. The van der Waals surface area contributed by atoms with Crippen LogP contribution in [0.1, 0.15) is 25.8 Å². The smallest absolute Gasteiger partial charge is 0.163 e. The Morgan fingerprint density at radius 2 is 2.00 bits per heavy atom. The van der Waals surface area contributed by atoms with E-state index in [1.54, 1.807) is 6.07 Å². The van der Waals surface area contributed by atoms with Crippen molar-refractivity contribution in [3.63, 3.8) is 0 Å². The zero-order chi connectivity index (χ0) is 12.8. The number of rotatable bonds is 6. The van der Waals surface area contributed by atoms with Crippen LogP contribution >= 0.6 is 0 Å². The molecule has 0 spiro atoms. The molecule has 0 amide bonds. The molecular formula is C13H20FNO2. The number of nitrogens with two attached hydrogens (primary N) is 1. The number of methoxy groups -OCH3 is 1. The first-order valence-electron chi connectivity index (χ1n) is 5.81. The standard InChI is InChI=1S/C13H20FNO2/c1-9(2)17-13-7-10(5-4-6-15)11(14)8-12(13)16-3/h7-9H,4-6,15H2,1-3H3. The summed E-state index contributed by atoms with van der Waals surface area (Å²) < 4.78 is 24.4. The Labute approximate surface area is 102 Å². The van der Waals surface area contributed by atoms with Crippen LogP contribution in [-0.4, -0.2) is 19.8 Å². The van der Waals surface area contributed by atoms with Crippen LogP contribution in [0.25, 0.3) is 0 Å². The van der Waals surface area contributed by atoms with Gasteiger partial charge < -0.3 is 15.2 Å². The summed E-state index contributed by atoms with van der Waals surface area (Å²) in [6, 6.07) is 3.06. The topological polar surface area (TPSA) is 44.5 Å². The molecule has 0 aliphatic rings. The number of benzene rings is 1. The first kappa shape index (κ1) is 13.8. The highest BCUT2D eigenvalue weighted by atomic mass is 19.1. The SMILES string of the molecule is COc1cc(F)c(CCCN)cc1OC(C)C. The van der Waals surface area contributed by atoms with Gasteiger partial charge in [0.25, 0.3) is 0 Å². The van der Waals surface area contributed by atoms with Crippen molar-refractivity contribution in [1.29, 1.82) is 0 Å². The van der Waals surface area contributed by atoms with E-state index in [2.05, 4.69) is 0 Å². The Morgan fingerprint density at radius 3 is 2.53 bits per heavy atom. The molecule has 0 aliphatic heterocycles. The van der Waals surface area contributed by atoms with E-state index in [0.29, 0.717) is 30.0 Å². The van der Waals surface area contributed by atoms with E-state index in [-0.39, 0.29) is 11.9 Å². The molecule has 1 rings (SSSR count). The van der Waals surface area contributed by atoms with Crippen molar-refractivity contribution in [2.45, 2.75) is 32.8 Å². The molecule has 2 N–H and O–H groups in total. The molecule has 0 aromatic heterocycles. The molecule has 0 radical (unpaired) electrons. The molecule has 1 aromatic rings. The molecule has 0 saturated carbocycles. The van der Waals surface area contributed by atoms with E-state index in [0.717, 1.165) is 6.42 Å². The fourth-order valence-electron chi connectivity index (χ4n) is 1.57. The maximum absolute atomic E-state index is 13.7. The van der Waals surface area contributed by atoms with E-state index in [1.165, 1.54) is 13.2 Å². The zero-order valence-corrected chi connectivity index (χ0v) is 10.6. The van der Waals surface area contributed by atoms with Gasteiger partial charge >= 0.3 is 0 Å². The normalized spacial score (nSPS) is 10.7. The number of ether oxygens (including phenoxy) is 2. The number of hydrogen-bond acceptors (Lipinski definition) is 3. The molecule has 96 valence electrons. The number of halogens is 1. The van der Waals surface area contributed by atoms with E-state index < -0.39 is 0 Å². The van der Waals surface area contributed by atoms with Crippen LogP contribution in [-0.2, 0) is 6.42 Å². The molecule has 0 fully saturated rings. The minimum absolute atomic E-state index is 0.0247. The third kappa shape index (κ3) is 3.89. The molecule has 0 atom stereocenters. The highest BCUT2D eigenvalue weighted by Crippen LogP contribution is 2.31. The second-order valence-electron chi connectivity index (χ2n) is 4.15. The van der Waals surface area contributed by atoms with Crippen LogP contribution in [0, 0.1) is 5.82 Å². The Hall–Kier alpha value is -1.29. The highest BCUT2D eigenvalue weighted by molar-refractivity contribution is 5.44. The van der Waals surface area contributed by atoms with Gasteiger partial charge in [0, 0.05) is 6.07 Å². The van der Waals surface area contributed by atoms with Crippen LogP contribution in [0.4, 0.5) is 4.39 Å². The predicted molar refractivity (Wildman–Crippen MR) is 66.1 cm³/mol. The number of aryl methyl sites for hydroxylation is 1. The molecule has 17 heavy (non-hydrogen) atoms. The number of hydrogen-bond donors (Lipinski definition) is 1. The van der Waals surface area contributed by atoms with E-state index in [4.69, 9.17) is 15.2 Å². The summed E-state index contributed by atoms with van der Waals surface area (Å²) in [7, 11) is 1.50. The molecule has 0 saturated heterocycles. The van der Waals surface area contributed by atoms with E-state index >= 15 is 0 Å². The van der Waals surface area contributed by atoms with Crippen LogP contribution in [0.2, 0.25) is 0 Å². The summed E-state index contributed by atoms with van der Waals surface area (Å²) >= 11 is 0. The van der Waals surface area contributed by atoms with Crippen LogP contribution in [0.3, 0.4) is 0 Å². The average molecular weight is 241 g/mol. The second-order valence-corrected chi connectivity index (χ2v) is 4.15. The lowest BCUT2D eigenvalue weighted by atomic mass is 10.1. The summed E-state index contributed by atoms with van der Waals surface area (Å²) in [6.45, 7) is 4.39. The van der Waals surface area contributed by atoms with Crippen molar-refractivity contribution in [3.05, 3.63) is 23.5 Å². The molecule has 1 aromatic carbocycles. The van der Waals surface area contributed by atoms with Gasteiger partial charge in [-0.3, -0.25) is 0 Å². The molecule has 0 bridgehead atoms. The first-order valence-corrected chi connectivity index (χ1v) is 5.81. The van der Waals surface area contributed by atoms with Crippen LogP contribution < -0.4 is 15.2 Å².